The fourth-order valence-electron chi connectivity index (χ4n) is 1.06. The van der Waals surface area contributed by atoms with E-state index in [1.54, 1.807) is 18.2 Å². The summed E-state index contributed by atoms with van der Waals surface area (Å²) in [4.78, 5) is 10.7. The van der Waals surface area contributed by atoms with Crippen LogP contribution in [-0.4, -0.2) is 11.1 Å². The standard InChI is InChI=1S/C11H8ClNO2/c12-10-5-4-8(3-1-2-6-13)7-9(10)11(14)15/h1,3-5,7H,2H2,(H,14,15). The van der Waals surface area contributed by atoms with Crippen LogP contribution in [0.15, 0.2) is 24.3 Å². The second kappa shape index (κ2) is 5.18. The molecule has 0 aliphatic carbocycles. The van der Waals surface area contributed by atoms with E-state index < -0.39 is 5.97 Å². The Bertz CT molecular complexity index is 446. The molecule has 3 nitrogen and oxygen atoms in total. The number of rotatable bonds is 3. The van der Waals surface area contributed by atoms with E-state index in [0.717, 1.165) is 0 Å². The smallest absolute Gasteiger partial charge is 0.337 e. The normalized spacial score (nSPS) is 10.1. The lowest BCUT2D eigenvalue weighted by Gasteiger charge is -1.99. The quantitative estimate of drug-likeness (QED) is 0.854. The minimum atomic E-state index is -1.06. The number of benzene rings is 1. The maximum Gasteiger partial charge on any atom is 0.337 e. The van der Waals surface area contributed by atoms with Crippen LogP contribution >= 0.6 is 11.6 Å². The van der Waals surface area contributed by atoms with Crippen LogP contribution in [0.5, 0.6) is 0 Å². The molecular weight excluding hydrogens is 214 g/mol. The third kappa shape index (κ3) is 3.12. The Morgan fingerprint density at radius 2 is 2.33 bits per heavy atom. The van der Waals surface area contributed by atoms with Crippen molar-refractivity contribution in [3.8, 4) is 6.07 Å². The van der Waals surface area contributed by atoms with Gasteiger partial charge >= 0.3 is 5.97 Å². The molecule has 76 valence electrons. The maximum atomic E-state index is 10.7. The molecule has 0 saturated heterocycles. The molecule has 0 saturated carbocycles. The number of nitriles is 1. The van der Waals surface area contributed by atoms with E-state index in [4.69, 9.17) is 22.0 Å². The first kappa shape index (κ1) is 11.3. The van der Waals surface area contributed by atoms with E-state index in [1.807, 2.05) is 6.07 Å². The molecular formula is C11H8ClNO2. The summed E-state index contributed by atoms with van der Waals surface area (Å²) in [6.07, 6.45) is 3.64. The van der Waals surface area contributed by atoms with Gasteiger partial charge in [-0.3, -0.25) is 0 Å². The third-order valence-corrected chi connectivity index (χ3v) is 2.07. The van der Waals surface area contributed by atoms with Crippen LogP contribution in [0.25, 0.3) is 6.08 Å². The zero-order valence-corrected chi connectivity index (χ0v) is 8.53. The second-order valence-corrected chi connectivity index (χ2v) is 3.22. The molecule has 1 N–H and O–H groups in total. The number of carbonyl (C=O) groups is 1. The van der Waals surface area contributed by atoms with Gasteiger partial charge in [0.15, 0.2) is 0 Å². The molecule has 0 aliphatic heterocycles. The van der Waals surface area contributed by atoms with Crippen molar-refractivity contribution in [1.29, 1.82) is 5.26 Å². The van der Waals surface area contributed by atoms with Crippen molar-refractivity contribution in [2.24, 2.45) is 0 Å². The first-order chi connectivity index (χ1) is 7.15. The molecule has 4 heteroatoms. The van der Waals surface area contributed by atoms with Crippen LogP contribution < -0.4 is 0 Å². The van der Waals surface area contributed by atoms with Crippen molar-refractivity contribution in [3.05, 3.63) is 40.4 Å². The molecule has 1 rings (SSSR count). The number of carboxylic acids is 1. The Kier molecular flexibility index (Phi) is 3.90. The topological polar surface area (TPSA) is 61.1 Å². The highest BCUT2D eigenvalue weighted by Gasteiger charge is 2.07. The number of carboxylic acid groups (broad SMARTS) is 1. The van der Waals surface area contributed by atoms with E-state index in [-0.39, 0.29) is 10.6 Å². The van der Waals surface area contributed by atoms with E-state index >= 15 is 0 Å². The Morgan fingerprint density at radius 1 is 1.60 bits per heavy atom. The molecule has 0 amide bonds. The fraction of sp³-hybridized carbons (Fsp3) is 0.0909. The molecule has 0 aromatic heterocycles. The summed E-state index contributed by atoms with van der Waals surface area (Å²) < 4.78 is 0. The van der Waals surface area contributed by atoms with Gasteiger partial charge in [0.05, 0.1) is 23.1 Å². The van der Waals surface area contributed by atoms with Gasteiger partial charge in [0.1, 0.15) is 0 Å². The number of halogens is 1. The predicted molar refractivity (Wildman–Crippen MR) is 57.7 cm³/mol. The number of nitrogens with zero attached hydrogens (tertiary/aromatic N) is 1. The zero-order chi connectivity index (χ0) is 11.3. The van der Waals surface area contributed by atoms with Gasteiger partial charge < -0.3 is 5.11 Å². The molecule has 0 spiro atoms. The molecule has 0 aliphatic rings. The Labute approximate surface area is 92.2 Å². The lowest BCUT2D eigenvalue weighted by molar-refractivity contribution is 0.0697. The molecule has 0 atom stereocenters. The fourth-order valence-corrected chi connectivity index (χ4v) is 1.26. The maximum absolute atomic E-state index is 10.7. The van der Waals surface area contributed by atoms with Crippen LogP contribution in [0.4, 0.5) is 0 Å². The van der Waals surface area contributed by atoms with E-state index in [9.17, 15) is 4.79 Å². The predicted octanol–water partition coefficient (Wildman–Crippen LogP) is 2.97. The highest BCUT2D eigenvalue weighted by Crippen LogP contribution is 2.18. The van der Waals surface area contributed by atoms with Crippen LogP contribution in [0.3, 0.4) is 0 Å². The molecule has 0 bridgehead atoms. The van der Waals surface area contributed by atoms with Gasteiger partial charge in [-0.15, -0.1) is 0 Å². The first-order valence-electron chi connectivity index (χ1n) is 4.21. The van der Waals surface area contributed by atoms with Crippen LogP contribution in [0.2, 0.25) is 5.02 Å². The van der Waals surface area contributed by atoms with Gasteiger partial charge in [-0.05, 0) is 17.7 Å². The van der Waals surface area contributed by atoms with E-state index in [2.05, 4.69) is 0 Å². The lowest BCUT2D eigenvalue weighted by atomic mass is 10.1. The Balaban J connectivity index is 2.98. The summed E-state index contributed by atoms with van der Waals surface area (Å²) in [6.45, 7) is 0. The zero-order valence-electron chi connectivity index (χ0n) is 7.77. The number of hydrogen-bond donors (Lipinski definition) is 1. The highest BCUT2D eigenvalue weighted by atomic mass is 35.5. The van der Waals surface area contributed by atoms with Crippen molar-refractivity contribution in [2.45, 2.75) is 6.42 Å². The molecule has 0 radical (unpaired) electrons. The van der Waals surface area contributed by atoms with Gasteiger partial charge in [0.25, 0.3) is 0 Å². The van der Waals surface area contributed by atoms with Gasteiger partial charge in [-0.25, -0.2) is 4.79 Å². The van der Waals surface area contributed by atoms with Gasteiger partial charge in [-0.1, -0.05) is 29.8 Å². The monoisotopic (exact) mass is 221 g/mol. The van der Waals surface area contributed by atoms with Crippen molar-refractivity contribution in [3.63, 3.8) is 0 Å². The largest absolute Gasteiger partial charge is 0.478 e. The number of aromatic carboxylic acids is 1. The minimum Gasteiger partial charge on any atom is -0.478 e. The summed E-state index contributed by atoms with van der Waals surface area (Å²) in [6, 6.07) is 6.65. The van der Waals surface area contributed by atoms with Crippen LogP contribution in [-0.2, 0) is 0 Å². The van der Waals surface area contributed by atoms with Gasteiger partial charge in [0, 0.05) is 0 Å². The number of hydrogen-bond acceptors (Lipinski definition) is 2. The third-order valence-electron chi connectivity index (χ3n) is 1.74. The van der Waals surface area contributed by atoms with Crippen molar-refractivity contribution in [1.82, 2.24) is 0 Å². The summed E-state index contributed by atoms with van der Waals surface area (Å²) in [5.74, 6) is -1.06. The Morgan fingerprint density at radius 3 is 2.93 bits per heavy atom. The van der Waals surface area contributed by atoms with Crippen LogP contribution in [0, 0.1) is 11.3 Å². The molecule has 1 aromatic rings. The molecule has 1 aromatic carbocycles. The summed E-state index contributed by atoms with van der Waals surface area (Å²) in [7, 11) is 0. The van der Waals surface area contributed by atoms with Gasteiger partial charge in [-0.2, -0.15) is 5.26 Å². The summed E-state index contributed by atoms with van der Waals surface area (Å²) in [5.41, 5.74) is 0.780. The van der Waals surface area contributed by atoms with Crippen molar-refractivity contribution in [2.75, 3.05) is 0 Å². The highest BCUT2D eigenvalue weighted by molar-refractivity contribution is 6.33. The second-order valence-electron chi connectivity index (χ2n) is 2.81. The lowest BCUT2D eigenvalue weighted by Crippen LogP contribution is -1.97. The average Bonchev–Trinajstić information content (AvgIpc) is 2.20. The molecule has 0 fully saturated rings. The number of allylic oxidation sites excluding steroid dienone is 1. The summed E-state index contributed by atoms with van der Waals surface area (Å²) >= 11 is 5.70. The van der Waals surface area contributed by atoms with E-state index in [1.165, 1.54) is 12.1 Å². The SMILES string of the molecule is N#CCC=Cc1ccc(Cl)c(C(=O)O)c1. The minimum absolute atomic E-state index is 0.0655. The van der Waals surface area contributed by atoms with E-state index in [0.29, 0.717) is 12.0 Å². The van der Waals surface area contributed by atoms with Crippen LogP contribution in [0.1, 0.15) is 22.3 Å². The summed E-state index contributed by atoms with van der Waals surface area (Å²) in [5, 5.41) is 17.3. The van der Waals surface area contributed by atoms with Gasteiger partial charge in [0.2, 0.25) is 0 Å². The average molecular weight is 222 g/mol. The molecule has 0 heterocycles. The Hall–Kier alpha value is -1.79. The first-order valence-corrected chi connectivity index (χ1v) is 4.59. The van der Waals surface area contributed by atoms with Crippen molar-refractivity contribution >= 4 is 23.6 Å². The molecule has 15 heavy (non-hydrogen) atoms. The molecule has 0 unspecified atom stereocenters. The van der Waals surface area contributed by atoms with Crippen molar-refractivity contribution < 1.29 is 9.90 Å².